The number of ether oxygens (including phenoxy) is 1. The third kappa shape index (κ3) is 5.79. The van der Waals surface area contributed by atoms with Gasteiger partial charge in [-0.2, -0.15) is 0 Å². The van der Waals surface area contributed by atoms with Crippen LogP contribution in [0.3, 0.4) is 0 Å². The average Bonchev–Trinajstić information content (AvgIpc) is 2.72. The van der Waals surface area contributed by atoms with E-state index in [0.29, 0.717) is 46.9 Å². The lowest BCUT2D eigenvalue weighted by molar-refractivity contribution is 0.0952. The van der Waals surface area contributed by atoms with Crippen molar-refractivity contribution in [2.24, 2.45) is 0 Å². The van der Waals surface area contributed by atoms with Crippen molar-refractivity contribution in [1.29, 1.82) is 0 Å². The number of anilines is 3. The van der Waals surface area contributed by atoms with Gasteiger partial charge in [-0.1, -0.05) is 11.6 Å². The molecule has 0 spiro atoms. The molecule has 8 nitrogen and oxygen atoms in total. The van der Waals surface area contributed by atoms with Gasteiger partial charge < -0.3 is 20.7 Å². The number of methoxy groups -OCH3 is 1. The Morgan fingerprint density at radius 3 is 2.55 bits per heavy atom. The number of halogens is 1. The number of pyridine rings is 1. The Morgan fingerprint density at radius 2 is 1.83 bits per heavy atom. The summed E-state index contributed by atoms with van der Waals surface area (Å²) in [6.07, 6.45) is 1.73. The molecule has 9 heteroatoms. The van der Waals surface area contributed by atoms with Crippen molar-refractivity contribution < 1.29 is 9.53 Å². The minimum absolute atomic E-state index is 0.262. The van der Waals surface area contributed by atoms with Gasteiger partial charge in [0, 0.05) is 24.3 Å². The monoisotopic (exact) mass is 412 g/mol. The Hall–Kier alpha value is -3.39. The molecule has 3 rings (SSSR count). The van der Waals surface area contributed by atoms with E-state index < -0.39 is 0 Å². The Kier molecular flexibility index (Phi) is 6.80. The quantitative estimate of drug-likeness (QED) is 0.487. The molecule has 0 radical (unpaired) electrons. The van der Waals surface area contributed by atoms with Crippen LogP contribution in [0.5, 0.6) is 5.75 Å². The summed E-state index contributed by atoms with van der Waals surface area (Å²) in [6, 6.07) is 12.3. The minimum Gasteiger partial charge on any atom is -0.496 e. The molecular formula is C20H21ClN6O2. The van der Waals surface area contributed by atoms with Crippen molar-refractivity contribution in [2.75, 3.05) is 30.8 Å². The zero-order valence-corrected chi connectivity index (χ0v) is 16.8. The summed E-state index contributed by atoms with van der Waals surface area (Å²) in [5, 5.41) is 17.7. The zero-order valence-electron chi connectivity index (χ0n) is 16.1. The molecule has 3 N–H and O–H groups in total. The second kappa shape index (κ2) is 9.70. The third-order valence-electron chi connectivity index (χ3n) is 3.96. The zero-order chi connectivity index (χ0) is 20.6. The van der Waals surface area contributed by atoms with E-state index >= 15 is 0 Å². The fourth-order valence-corrected chi connectivity index (χ4v) is 2.72. The SMILES string of the molecule is COc1ccc(Cl)cc1C(=O)NCCNc1ccc(Nc2cc(C)ccn2)nn1. The van der Waals surface area contributed by atoms with Gasteiger partial charge in [-0.15, -0.1) is 10.2 Å². The second-order valence-electron chi connectivity index (χ2n) is 6.17. The van der Waals surface area contributed by atoms with Gasteiger partial charge in [0.1, 0.15) is 17.4 Å². The van der Waals surface area contributed by atoms with Crippen LogP contribution in [-0.2, 0) is 0 Å². The normalized spacial score (nSPS) is 10.3. The van der Waals surface area contributed by atoms with E-state index in [2.05, 4.69) is 31.1 Å². The van der Waals surface area contributed by atoms with E-state index in [9.17, 15) is 4.79 Å². The predicted octanol–water partition coefficient (Wildman–Crippen LogP) is 3.43. The lowest BCUT2D eigenvalue weighted by atomic mass is 10.2. The maximum absolute atomic E-state index is 12.3. The van der Waals surface area contributed by atoms with Gasteiger partial charge in [-0.3, -0.25) is 4.79 Å². The Balaban J connectivity index is 1.47. The van der Waals surface area contributed by atoms with Gasteiger partial charge in [0.25, 0.3) is 5.91 Å². The first-order chi connectivity index (χ1) is 14.0. The third-order valence-corrected chi connectivity index (χ3v) is 4.19. The van der Waals surface area contributed by atoms with E-state index in [-0.39, 0.29) is 5.91 Å². The predicted molar refractivity (Wildman–Crippen MR) is 113 cm³/mol. The highest BCUT2D eigenvalue weighted by Gasteiger charge is 2.12. The van der Waals surface area contributed by atoms with Crippen molar-refractivity contribution in [3.05, 3.63) is 64.8 Å². The molecule has 29 heavy (non-hydrogen) atoms. The number of aryl methyl sites for hydroxylation is 1. The summed E-state index contributed by atoms with van der Waals surface area (Å²) >= 11 is 5.96. The van der Waals surface area contributed by atoms with Crippen LogP contribution >= 0.6 is 11.6 Å². The average molecular weight is 413 g/mol. The Morgan fingerprint density at radius 1 is 1.03 bits per heavy atom. The van der Waals surface area contributed by atoms with Gasteiger partial charge in [0.2, 0.25) is 0 Å². The summed E-state index contributed by atoms with van der Waals surface area (Å²) in [5.74, 6) is 2.11. The molecule has 0 aliphatic rings. The molecule has 0 saturated heterocycles. The van der Waals surface area contributed by atoms with E-state index in [0.717, 1.165) is 5.56 Å². The first-order valence-electron chi connectivity index (χ1n) is 8.94. The molecule has 1 amide bonds. The van der Waals surface area contributed by atoms with Gasteiger partial charge >= 0.3 is 0 Å². The van der Waals surface area contributed by atoms with Crippen LogP contribution in [0.1, 0.15) is 15.9 Å². The highest BCUT2D eigenvalue weighted by Crippen LogP contribution is 2.22. The molecule has 0 unspecified atom stereocenters. The molecule has 150 valence electrons. The maximum Gasteiger partial charge on any atom is 0.255 e. The van der Waals surface area contributed by atoms with Crippen LogP contribution in [0.2, 0.25) is 5.02 Å². The first kappa shape index (κ1) is 20.3. The number of nitrogens with zero attached hydrogens (tertiary/aromatic N) is 3. The van der Waals surface area contributed by atoms with E-state index in [1.165, 1.54) is 7.11 Å². The van der Waals surface area contributed by atoms with Crippen molar-refractivity contribution in [3.8, 4) is 5.75 Å². The first-order valence-corrected chi connectivity index (χ1v) is 9.32. The van der Waals surface area contributed by atoms with Gasteiger partial charge in [-0.25, -0.2) is 4.98 Å². The standard InChI is InChI=1S/C20H21ClN6O2/c1-13-7-8-22-19(11-13)25-18-6-5-17(26-27-18)23-9-10-24-20(28)15-12-14(21)3-4-16(15)29-2/h3-8,11-12H,9-10H2,1-2H3,(H,23,26)(H,24,28)(H,22,25,27). The van der Waals surface area contributed by atoms with Gasteiger partial charge in [0.15, 0.2) is 5.82 Å². The van der Waals surface area contributed by atoms with Crippen LogP contribution in [-0.4, -0.2) is 41.3 Å². The Bertz CT molecular complexity index is 981. The topological polar surface area (TPSA) is 101 Å². The van der Waals surface area contributed by atoms with Crippen molar-refractivity contribution in [2.45, 2.75) is 6.92 Å². The summed E-state index contributed by atoms with van der Waals surface area (Å²) < 4.78 is 5.19. The van der Waals surface area contributed by atoms with Crippen molar-refractivity contribution in [3.63, 3.8) is 0 Å². The molecule has 1 aromatic carbocycles. The number of carbonyl (C=O) groups excluding carboxylic acids is 1. The highest BCUT2D eigenvalue weighted by molar-refractivity contribution is 6.31. The number of hydrogen-bond acceptors (Lipinski definition) is 7. The summed E-state index contributed by atoms with van der Waals surface area (Å²) in [5.41, 5.74) is 1.49. The molecule has 2 heterocycles. The molecule has 0 aliphatic carbocycles. The number of nitrogens with one attached hydrogen (secondary N) is 3. The van der Waals surface area contributed by atoms with Crippen molar-refractivity contribution in [1.82, 2.24) is 20.5 Å². The molecular weight excluding hydrogens is 392 g/mol. The number of carbonyl (C=O) groups is 1. The van der Waals surface area contributed by atoms with Crippen LogP contribution in [0.25, 0.3) is 0 Å². The summed E-state index contributed by atoms with van der Waals surface area (Å²) in [7, 11) is 1.51. The molecule has 3 aromatic rings. The lowest BCUT2D eigenvalue weighted by Gasteiger charge is -2.10. The van der Waals surface area contributed by atoms with E-state index in [1.54, 1.807) is 36.5 Å². The fourth-order valence-electron chi connectivity index (χ4n) is 2.55. The second-order valence-corrected chi connectivity index (χ2v) is 6.61. The van der Waals surface area contributed by atoms with Gasteiger partial charge in [0.05, 0.1) is 12.7 Å². The molecule has 0 atom stereocenters. The summed E-state index contributed by atoms with van der Waals surface area (Å²) in [4.78, 5) is 16.5. The molecule has 0 fully saturated rings. The summed E-state index contributed by atoms with van der Waals surface area (Å²) in [6.45, 7) is 2.87. The van der Waals surface area contributed by atoms with Crippen LogP contribution < -0.4 is 20.7 Å². The van der Waals surface area contributed by atoms with Crippen molar-refractivity contribution >= 4 is 35.0 Å². The fraction of sp³-hybridized carbons (Fsp3) is 0.200. The van der Waals surface area contributed by atoms with Crippen LogP contribution in [0.15, 0.2) is 48.7 Å². The number of benzene rings is 1. The molecule has 0 bridgehead atoms. The minimum atomic E-state index is -0.262. The Labute approximate surface area is 173 Å². The van der Waals surface area contributed by atoms with E-state index in [1.807, 2.05) is 19.1 Å². The molecule has 2 aromatic heterocycles. The number of hydrogen-bond donors (Lipinski definition) is 3. The lowest BCUT2D eigenvalue weighted by Crippen LogP contribution is -2.29. The van der Waals surface area contributed by atoms with Crippen LogP contribution in [0, 0.1) is 6.92 Å². The maximum atomic E-state index is 12.3. The smallest absolute Gasteiger partial charge is 0.255 e. The number of rotatable bonds is 8. The largest absolute Gasteiger partial charge is 0.496 e. The number of aromatic nitrogens is 3. The number of amides is 1. The van der Waals surface area contributed by atoms with Crippen LogP contribution in [0.4, 0.5) is 17.5 Å². The molecule has 0 aliphatic heterocycles. The van der Waals surface area contributed by atoms with Gasteiger partial charge in [-0.05, 0) is 55.0 Å². The van der Waals surface area contributed by atoms with E-state index in [4.69, 9.17) is 16.3 Å². The highest BCUT2D eigenvalue weighted by atomic mass is 35.5. The molecule has 0 saturated carbocycles.